The summed E-state index contributed by atoms with van der Waals surface area (Å²) in [5.74, 6) is 0.784. The number of carbonyl (C=O) groups is 1. The van der Waals surface area contributed by atoms with Crippen LogP contribution < -0.4 is 15.4 Å². The Labute approximate surface area is 202 Å². The van der Waals surface area contributed by atoms with Crippen LogP contribution in [0.3, 0.4) is 0 Å². The van der Waals surface area contributed by atoms with E-state index in [0.29, 0.717) is 30.4 Å². The maximum absolute atomic E-state index is 13.3. The van der Waals surface area contributed by atoms with Crippen molar-refractivity contribution in [1.29, 1.82) is 0 Å². The monoisotopic (exact) mass is 469 g/mol. The molecule has 35 heavy (non-hydrogen) atoms. The molecule has 1 atom stereocenters. The molecule has 0 spiro atoms. The first kappa shape index (κ1) is 22.3. The predicted molar refractivity (Wildman–Crippen MR) is 130 cm³/mol. The van der Waals surface area contributed by atoms with Crippen molar-refractivity contribution >= 4 is 11.9 Å². The molecular weight excluding hydrogens is 445 g/mol. The summed E-state index contributed by atoms with van der Waals surface area (Å²) in [6.07, 6.45) is 1.47. The average molecular weight is 470 g/mol. The quantitative estimate of drug-likeness (QED) is 0.413. The van der Waals surface area contributed by atoms with Crippen LogP contribution in [-0.2, 0) is 17.9 Å². The van der Waals surface area contributed by atoms with Gasteiger partial charge in [0.2, 0.25) is 5.95 Å². The minimum absolute atomic E-state index is 0.179. The van der Waals surface area contributed by atoms with E-state index < -0.39 is 6.04 Å². The van der Waals surface area contributed by atoms with Gasteiger partial charge in [0.05, 0.1) is 5.57 Å². The first-order valence-electron chi connectivity index (χ1n) is 11.2. The molecule has 2 N–H and O–H groups in total. The number of anilines is 1. The van der Waals surface area contributed by atoms with Crippen molar-refractivity contribution in [2.45, 2.75) is 26.1 Å². The van der Waals surface area contributed by atoms with E-state index in [9.17, 15) is 9.18 Å². The minimum atomic E-state index is -0.448. The first-order valence-corrected chi connectivity index (χ1v) is 11.2. The molecule has 1 aromatic heterocycles. The summed E-state index contributed by atoms with van der Waals surface area (Å²) in [5, 5.41) is 10.6. The van der Waals surface area contributed by atoms with Crippen LogP contribution in [-0.4, -0.2) is 20.7 Å². The van der Waals surface area contributed by atoms with Gasteiger partial charge in [0.1, 0.15) is 30.5 Å². The fourth-order valence-corrected chi connectivity index (χ4v) is 4.06. The third kappa shape index (κ3) is 4.91. The maximum Gasteiger partial charge on any atom is 0.251 e. The van der Waals surface area contributed by atoms with E-state index in [2.05, 4.69) is 20.7 Å². The van der Waals surface area contributed by atoms with Crippen LogP contribution in [0.2, 0.25) is 0 Å². The fourth-order valence-electron chi connectivity index (χ4n) is 4.06. The van der Waals surface area contributed by atoms with Crippen LogP contribution in [0.15, 0.2) is 96.5 Å². The topological polar surface area (TPSA) is 81.1 Å². The van der Waals surface area contributed by atoms with Crippen molar-refractivity contribution < 1.29 is 13.9 Å². The number of hydrogen-bond donors (Lipinski definition) is 2. The lowest BCUT2D eigenvalue weighted by molar-refractivity contribution is -0.118. The summed E-state index contributed by atoms with van der Waals surface area (Å²) in [4.78, 5) is 17.6. The van der Waals surface area contributed by atoms with Gasteiger partial charge < -0.3 is 15.4 Å². The molecule has 0 aliphatic carbocycles. The molecule has 7 nitrogen and oxygen atoms in total. The summed E-state index contributed by atoms with van der Waals surface area (Å²) in [6, 6.07) is 23.1. The van der Waals surface area contributed by atoms with Gasteiger partial charge in [-0.05, 0) is 47.9 Å². The van der Waals surface area contributed by atoms with E-state index in [4.69, 9.17) is 4.74 Å². The Hall–Kier alpha value is -4.46. The van der Waals surface area contributed by atoms with Crippen LogP contribution in [0.1, 0.15) is 29.7 Å². The Balaban J connectivity index is 1.36. The van der Waals surface area contributed by atoms with Crippen LogP contribution in [0, 0.1) is 5.82 Å². The molecule has 0 saturated carbocycles. The Bertz CT molecular complexity index is 1350. The lowest BCUT2D eigenvalue weighted by Gasteiger charge is -2.28. The SMILES string of the molecule is CC1=C(C(=O)NCc2ccccc2)[C@H](c2ccc(OCc3ccc(F)cc3)cc2)n2ncnc2N1. The number of rotatable bonds is 7. The number of aromatic nitrogens is 3. The van der Waals surface area contributed by atoms with Crippen molar-refractivity contribution in [2.24, 2.45) is 0 Å². The Morgan fingerprint density at radius 1 is 1.03 bits per heavy atom. The molecule has 1 aliphatic rings. The zero-order valence-electron chi connectivity index (χ0n) is 19.1. The van der Waals surface area contributed by atoms with E-state index in [-0.39, 0.29) is 11.7 Å². The van der Waals surface area contributed by atoms with Crippen LogP contribution in [0.25, 0.3) is 0 Å². The van der Waals surface area contributed by atoms with Crippen molar-refractivity contribution in [3.05, 3.63) is 119 Å². The Morgan fingerprint density at radius 2 is 1.77 bits per heavy atom. The number of nitrogens with one attached hydrogen (secondary N) is 2. The largest absolute Gasteiger partial charge is 0.489 e. The highest BCUT2D eigenvalue weighted by atomic mass is 19.1. The molecule has 0 saturated heterocycles. The zero-order chi connectivity index (χ0) is 24.2. The van der Waals surface area contributed by atoms with Crippen LogP contribution >= 0.6 is 0 Å². The summed E-state index contributed by atoms with van der Waals surface area (Å²) in [6.45, 7) is 2.61. The Morgan fingerprint density at radius 3 is 2.51 bits per heavy atom. The van der Waals surface area contributed by atoms with Crippen molar-refractivity contribution in [3.8, 4) is 5.75 Å². The maximum atomic E-state index is 13.3. The van der Waals surface area contributed by atoms with E-state index in [1.807, 2.05) is 61.5 Å². The molecule has 176 valence electrons. The van der Waals surface area contributed by atoms with E-state index in [0.717, 1.165) is 22.4 Å². The zero-order valence-corrected chi connectivity index (χ0v) is 19.1. The number of amides is 1. The molecule has 0 bridgehead atoms. The Kier molecular flexibility index (Phi) is 6.26. The highest BCUT2D eigenvalue weighted by molar-refractivity contribution is 5.96. The molecule has 4 aromatic rings. The van der Waals surface area contributed by atoms with Gasteiger partial charge in [-0.15, -0.1) is 0 Å². The van der Waals surface area contributed by atoms with Crippen molar-refractivity contribution in [1.82, 2.24) is 20.1 Å². The number of hydrogen-bond acceptors (Lipinski definition) is 5. The fraction of sp³-hybridized carbons (Fsp3) is 0.148. The van der Waals surface area contributed by atoms with Gasteiger partial charge in [-0.2, -0.15) is 10.1 Å². The van der Waals surface area contributed by atoms with Gasteiger partial charge in [0, 0.05) is 12.2 Å². The summed E-state index contributed by atoms with van der Waals surface area (Å²) in [7, 11) is 0. The van der Waals surface area contributed by atoms with Crippen molar-refractivity contribution in [3.63, 3.8) is 0 Å². The number of carbonyl (C=O) groups excluding carboxylic acids is 1. The number of ether oxygens (including phenoxy) is 1. The third-order valence-corrected chi connectivity index (χ3v) is 5.85. The molecule has 0 fully saturated rings. The lowest BCUT2D eigenvalue weighted by Crippen LogP contribution is -2.34. The number of benzene rings is 3. The van der Waals surface area contributed by atoms with Gasteiger partial charge >= 0.3 is 0 Å². The third-order valence-electron chi connectivity index (χ3n) is 5.85. The van der Waals surface area contributed by atoms with Gasteiger partial charge in [-0.1, -0.05) is 54.6 Å². The minimum Gasteiger partial charge on any atom is -0.489 e. The predicted octanol–water partition coefficient (Wildman–Crippen LogP) is 4.60. The number of allylic oxidation sites excluding steroid dienone is 1. The van der Waals surface area contributed by atoms with Crippen LogP contribution in [0.5, 0.6) is 5.75 Å². The van der Waals surface area contributed by atoms with E-state index in [1.54, 1.807) is 16.8 Å². The smallest absolute Gasteiger partial charge is 0.251 e. The highest BCUT2D eigenvalue weighted by Crippen LogP contribution is 2.35. The number of halogens is 1. The molecule has 0 unspecified atom stereocenters. The second-order valence-electron chi connectivity index (χ2n) is 8.25. The molecule has 8 heteroatoms. The summed E-state index contributed by atoms with van der Waals surface area (Å²) in [5.41, 5.74) is 4.05. The van der Waals surface area contributed by atoms with E-state index >= 15 is 0 Å². The molecule has 1 aliphatic heterocycles. The van der Waals surface area contributed by atoms with Gasteiger partial charge in [-0.25, -0.2) is 9.07 Å². The summed E-state index contributed by atoms with van der Waals surface area (Å²) < 4.78 is 20.7. The normalized spacial score (nSPS) is 14.7. The second kappa shape index (κ2) is 9.80. The lowest BCUT2D eigenvalue weighted by atomic mass is 9.95. The first-order chi connectivity index (χ1) is 17.1. The molecule has 1 amide bonds. The highest BCUT2D eigenvalue weighted by Gasteiger charge is 2.33. The molecule has 5 rings (SSSR count). The van der Waals surface area contributed by atoms with Gasteiger partial charge in [0.15, 0.2) is 0 Å². The summed E-state index contributed by atoms with van der Waals surface area (Å²) >= 11 is 0. The standard InChI is InChI=1S/C27H24FN5O2/c1-18-24(26(34)29-15-19-5-3-2-4-6-19)25(33-27(32-18)30-17-31-33)21-9-13-23(14-10-21)35-16-20-7-11-22(28)12-8-20/h2-14,17,25H,15-16H2,1H3,(H,29,34)(H,30,31,32)/t25-/m0/s1. The van der Waals surface area contributed by atoms with Crippen LogP contribution in [0.4, 0.5) is 10.3 Å². The molecule has 3 aromatic carbocycles. The molecular formula is C27H24FN5O2. The average Bonchev–Trinajstić information content (AvgIpc) is 3.35. The number of fused-ring (bicyclic) bond motifs is 1. The van der Waals surface area contributed by atoms with Crippen molar-refractivity contribution in [2.75, 3.05) is 5.32 Å². The number of nitrogens with zero attached hydrogens (tertiary/aromatic N) is 3. The van der Waals surface area contributed by atoms with Gasteiger partial charge in [-0.3, -0.25) is 4.79 Å². The molecule has 2 heterocycles. The molecule has 0 radical (unpaired) electrons. The van der Waals surface area contributed by atoms with Gasteiger partial charge in [0.25, 0.3) is 5.91 Å². The van der Waals surface area contributed by atoms with E-state index in [1.165, 1.54) is 18.5 Å². The second-order valence-corrected chi connectivity index (χ2v) is 8.25.